The molecule has 1 aliphatic heterocycles. The Balaban J connectivity index is 1.34. The number of para-hydroxylation sites is 1. The fourth-order valence-electron chi connectivity index (χ4n) is 3.49. The monoisotopic (exact) mass is 504 g/mol. The number of nitrogens with zero attached hydrogens (tertiary/aromatic N) is 1. The number of esters is 1. The van der Waals surface area contributed by atoms with Crippen LogP contribution in [0, 0.1) is 0 Å². The topological polar surface area (TPSA) is 86.8 Å². The van der Waals surface area contributed by atoms with Gasteiger partial charge >= 0.3 is 5.97 Å². The van der Waals surface area contributed by atoms with Crippen LogP contribution in [-0.2, 0) is 9.53 Å². The summed E-state index contributed by atoms with van der Waals surface area (Å²) in [5.41, 5.74) is 3.02. The Labute approximate surface area is 197 Å². The predicted molar refractivity (Wildman–Crippen MR) is 126 cm³/mol. The number of hydrogen-bond acceptors (Lipinski definition) is 6. The molecular weight excluding hydrogens is 488 g/mol. The Morgan fingerprint density at radius 3 is 2.61 bits per heavy atom. The second-order valence-corrected chi connectivity index (χ2v) is 8.19. The first-order valence-corrected chi connectivity index (χ1v) is 10.9. The maximum Gasteiger partial charge on any atom is 0.339 e. The molecule has 0 unspecified atom stereocenters. The van der Waals surface area contributed by atoms with Gasteiger partial charge in [-0.25, -0.2) is 9.78 Å². The number of halogens is 1. The number of ether oxygens (including phenoxy) is 3. The number of pyridine rings is 1. The Morgan fingerprint density at radius 1 is 0.970 bits per heavy atom. The molecule has 0 fully saturated rings. The summed E-state index contributed by atoms with van der Waals surface area (Å²) in [5, 5.41) is 3.34. The molecule has 0 atom stereocenters. The number of fused-ring (bicyclic) bond motifs is 2. The molecule has 1 N–H and O–H groups in total. The van der Waals surface area contributed by atoms with E-state index in [1.165, 1.54) is 0 Å². The fourth-order valence-corrected chi connectivity index (χ4v) is 3.76. The van der Waals surface area contributed by atoms with Gasteiger partial charge in [0.25, 0.3) is 5.91 Å². The van der Waals surface area contributed by atoms with Crippen LogP contribution >= 0.6 is 15.9 Å². The molecule has 7 nitrogen and oxygen atoms in total. The van der Waals surface area contributed by atoms with E-state index in [9.17, 15) is 9.59 Å². The number of nitrogens with one attached hydrogen (secondary N) is 1. The largest absolute Gasteiger partial charge is 0.454 e. The molecule has 5 rings (SSSR count). The van der Waals surface area contributed by atoms with Crippen LogP contribution in [0.25, 0.3) is 22.2 Å². The van der Waals surface area contributed by atoms with Gasteiger partial charge in [0, 0.05) is 27.2 Å². The Kier molecular flexibility index (Phi) is 5.66. The van der Waals surface area contributed by atoms with Crippen LogP contribution in [0.4, 0.5) is 5.69 Å². The standard InChI is InChI=1S/C25H17BrN2O5/c26-16-7-5-15(6-8-16)21-12-19(18-3-1-2-4-20(18)28-21)25(30)31-13-24(29)27-17-9-10-22-23(11-17)33-14-32-22/h1-12H,13-14H2,(H,27,29). The second-order valence-electron chi connectivity index (χ2n) is 7.27. The molecular formula is C25H17BrN2O5. The molecule has 1 aliphatic rings. The Hall–Kier alpha value is -3.91. The van der Waals surface area contributed by atoms with Crippen LogP contribution in [0.2, 0.25) is 0 Å². The number of carbonyl (C=O) groups excluding carboxylic acids is 2. The van der Waals surface area contributed by atoms with E-state index in [2.05, 4.69) is 26.2 Å². The molecule has 164 valence electrons. The van der Waals surface area contributed by atoms with Gasteiger partial charge in [-0.3, -0.25) is 4.79 Å². The van der Waals surface area contributed by atoms with Crippen molar-refractivity contribution < 1.29 is 23.8 Å². The van der Waals surface area contributed by atoms with Gasteiger partial charge in [-0.1, -0.05) is 46.3 Å². The number of anilines is 1. The summed E-state index contributed by atoms with van der Waals surface area (Å²) in [4.78, 5) is 30.0. The average Bonchev–Trinajstić information content (AvgIpc) is 3.30. The van der Waals surface area contributed by atoms with Gasteiger partial charge in [0.2, 0.25) is 6.79 Å². The lowest BCUT2D eigenvalue weighted by atomic mass is 10.0. The second kappa shape index (κ2) is 8.91. The quantitative estimate of drug-likeness (QED) is 0.376. The van der Waals surface area contributed by atoms with E-state index in [1.54, 1.807) is 30.3 Å². The van der Waals surface area contributed by atoms with Crippen molar-refractivity contribution in [3.05, 3.63) is 82.8 Å². The first-order chi connectivity index (χ1) is 16.1. The Morgan fingerprint density at radius 2 is 1.76 bits per heavy atom. The minimum absolute atomic E-state index is 0.145. The van der Waals surface area contributed by atoms with Gasteiger partial charge < -0.3 is 19.5 Å². The summed E-state index contributed by atoms with van der Waals surface area (Å²) in [7, 11) is 0. The van der Waals surface area contributed by atoms with Gasteiger partial charge in [0.05, 0.1) is 16.8 Å². The SMILES string of the molecule is O=C(COC(=O)c1cc(-c2ccc(Br)cc2)nc2ccccc12)Nc1ccc2c(c1)OCO2. The minimum Gasteiger partial charge on any atom is -0.454 e. The molecule has 0 saturated heterocycles. The van der Waals surface area contributed by atoms with E-state index in [-0.39, 0.29) is 6.79 Å². The van der Waals surface area contributed by atoms with E-state index in [0.29, 0.717) is 39.3 Å². The third kappa shape index (κ3) is 4.51. The zero-order chi connectivity index (χ0) is 22.8. The Bertz CT molecular complexity index is 1370. The molecule has 8 heteroatoms. The smallest absolute Gasteiger partial charge is 0.339 e. The van der Waals surface area contributed by atoms with Crippen LogP contribution in [0.15, 0.2) is 77.3 Å². The highest BCUT2D eigenvalue weighted by atomic mass is 79.9. The van der Waals surface area contributed by atoms with Gasteiger partial charge in [0.15, 0.2) is 18.1 Å². The maximum absolute atomic E-state index is 12.9. The van der Waals surface area contributed by atoms with Gasteiger partial charge in [-0.15, -0.1) is 0 Å². The fraction of sp³-hybridized carbons (Fsp3) is 0.0800. The first kappa shape index (κ1) is 21.0. The summed E-state index contributed by atoms with van der Waals surface area (Å²) in [5.74, 6) is 0.0978. The summed E-state index contributed by atoms with van der Waals surface area (Å²) >= 11 is 3.42. The molecule has 2 heterocycles. The van der Waals surface area contributed by atoms with E-state index < -0.39 is 18.5 Å². The molecule has 0 saturated carbocycles. The molecule has 4 aromatic rings. The van der Waals surface area contributed by atoms with Crippen LogP contribution < -0.4 is 14.8 Å². The van der Waals surface area contributed by atoms with Crippen molar-refractivity contribution in [2.75, 3.05) is 18.7 Å². The predicted octanol–water partition coefficient (Wildman–Crippen LogP) is 5.19. The van der Waals surface area contributed by atoms with Crippen LogP contribution in [0.1, 0.15) is 10.4 Å². The summed E-state index contributed by atoms with van der Waals surface area (Å²) in [6, 6.07) is 21.7. The van der Waals surface area contributed by atoms with Crippen molar-refractivity contribution in [2.24, 2.45) is 0 Å². The van der Waals surface area contributed by atoms with Crippen molar-refractivity contribution in [1.29, 1.82) is 0 Å². The zero-order valence-corrected chi connectivity index (χ0v) is 18.8. The molecule has 1 amide bonds. The maximum atomic E-state index is 12.9. The number of carbonyl (C=O) groups is 2. The molecule has 0 aliphatic carbocycles. The van der Waals surface area contributed by atoms with Crippen molar-refractivity contribution in [3.63, 3.8) is 0 Å². The van der Waals surface area contributed by atoms with E-state index in [0.717, 1.165) is 10.0 Å². The summed E-state index contributed by atoms with van der Waals surface area (Å²) in [6.45, 7) is -0.288. The lowest BCUT2D eigenvalue weighted by Crippen LogP contribution is -2.21. The normalized spacial score (nSPS) is 11.9. The number of hydrogen-bond donors (Lipinski definition) is 1. The van der Waals surface area contributed by atoms with Crippen LogP contribution in [0.3, 0.4) is 0 Å². The molecule has 33 heavy (non-hydrogen) atoms. The number of benzene rings is 3. The van der Waals surface area contributed by atoms with E-state index >= 15 is 0 Å². The first-order valence-electron chi connectivity index (χ1n) is 10.1. The van der Waals surface area contributed by atoms with Crippen molar-refractivity contribution >= 4 is 44.4 Å². The highest BCUT2D eigenvalue weighted by molar-refractivity contribution is 9.10. The molecule has 3 aromatic carbocycles. The zero-order valence-electron chi connectivity index (χ0n) is 17.2. The van der Waals surface area contributed by atoms with Crippen molar-refractivity contribution in [2.45, 2.75) is 0 Å². The van der Waals surface area contributed by atoms with Crippen LogP contribution in [-0.4, -0.2) is 30.3 Å². The molecule has 0 bridgehead atoms. The third-order valence-corrected chi connectivity index (χ3v) is 5.60. The average molecular weight is 505 g/mol. The highest BCUT2D eigenvalue weighted by Gasteiger charge is 2.18. The molecule has 0 radical (unpaired) electrons. The third-order valence-electron chi connectivity index (χ3n) is 5.07. The van der Waals surface area contributed by atoms with E-state index in [4.69, 9.17) is 14.2 Å². The van der Waals surface area contributed by atoms with Gasteiger partial charge in [-0.2, -0.15) is 0 Å². The lowest BCUT2D eigenvalue weighted by Gasteiger charge is -2.11. The highest BCUT2D eigenvalue weighted by Crippen LogP contribution is 2.34. The summed E-state index contributed by atoms with van der Waals surface area (Å²) < 4.78 is 16.8. The summed E-state index contributed by atoms with van der Waals surface area (Å²) in [6.07, 6.45) is 0. The molecule has 1 aromatic heterocycles. The number of rotatable bonds is 5. The van der Waals surface area contributed by atoms with Crippen LogP contribution in [0.5, 0.6) is 11.5 Å². The van der Waals surface area contributed by atoms with Gasteiger partial charge in [0.1, 0.15) is 0 Å². The van der Waals surface area contributed by atoms with Crippen molar-refractivity contribution in [1.82, 2.24) is 4.98 Å². The lowest BCUT2D eigenvalue weighted by molar-refractivity contribution is -0.119. The molecule has 0 spiro atoms. The van der Waals surface area contributed by atoms with Gasteiger partial charge in [-0.05, 0) is 36.4 Å². The van der Waals surface area contributed by atoms with Crippen molar-refractivity contribution in [3.8, 4) is 22.8 Å². The minimum atomic E-state index is -0.604. The van der Waals surface area contributed by atoms with E-state index in [1.807, 2.05) is 42.5 Å². The number of aromatic nitrogens is 1. The number of amides is 1.